The fourth-order valence-corrected chi connectivity index (χ4v) is 3.32. The Labute approximate surface area is 141 Å². The first-order chi connectivity index (χ1) is 11.6. The maximum absolute atomic E-state index is 12.2. The number of aliphatic hydroxyl groups is 1. The van der Waals surface area contributed by atoms with E-state index in [1.165, 1.54) is 0 Å². The van der Waals surface area contributed by atoms with Gasteiger partial charge in [-0.05, 0) is 24.8 Å². The van der Waals surface area contributed by atoms with Crippen LogP contribution in [-0.4, -0.2) is 33.6 Å². The molecule has 0 aliphatic heterocycles. The largest absolute Gasteiger partial charge is 0.393 e. The molecule has 0 atom stereocenters. The van der Waals surface area contributed by atoms with Crippen LogP contribution in [0.5, 0.6) is 0 Å². The maximum atomic E-state index is 12.2. The molecule has 0 spiro atoms. The molecule has 1 aromatic heterocycles. The van der Waals surface area contributed by atoms with Gasteiger partial charge in [0.05, 0.1) is 18.0 Å². The van der Waals surface area contributed by atoms with Gasteiger partial charge in [0.2, 0.25) is 0 Å². The summed E-state index contributed by atoms with van der Waals surface area (Å²) in [5, 5.41) is 19.7. The molecule has 1 fully saturated rings. The molecule has 24 heavy (non-hydrogen) atoms. The van der Waals surface area contributed by atoms with Crippen molar-refractivity contribution in [3.8, 4) is 0 Å². The van der Waals surface area contributed by atoms with Crippen LogP contribution in [0.25, 0.3) is 0 Å². The fourth-order valence-electron chi connectivity index (χ4n) is 3.32. The summed E-state index contributed by atoms with van der Waals surface area (Å²) in [5.41, 5.74) is 1.67. The third kappa shape index (κ3) is 3.59. The summed E-state index contributed by atoms with van der Waals surface area (Å²) in [4.78, 5) is 12.2. The lowest BCUT2D eigenvalue weighted by Gasteiger charge is -2.46. The summed E-state index contributed by atoms with van der Waals surface area (Å²) in [5.74, 6) is 0. The van der Waals surface area contributed by atoms with Crippen LogP contribution in [-0.2, 0) is 12.0 Å². The van der Waals surface area contributed by atoms with E-state index >= 15 is 0 Å². The normalized spacial score (nSPS) is 22.7. The van der Waals surface area contributed by atoms with Gasteiger partial charge in [0.15, 0.2) is 0 Å². The molecule has 0 saturated heterocycles. The lowest BCUT2D eigenvalue weighted by Crippen LogP contribution is -2.52. The number of urea groups is 1. The van der Waals surface area contributed by atoms with Crippen LogP contribution in [0.15, 0.2) is 42.7 Å². The van der Waals surface area contributed by atoms with Crippen molar-refractivity contribution in [1.82, 2.24) is 15.1 Å². The Kier molecular flexibility index (Phi) is 4.85. The molecular weight excluding hydrogens is 304 g/mol. The standard InChI is InChI=1S/C18H24N4O2/c1-2-8-22-12-15(11-20-22)21-17(24)19-13-18(9-16(23)10-18)14-6-4-3-5-7-14/h3-7,11-12,16,23H,2,8-10,13H2,1H3,(H2,19,21,24). The highest BCUT2D eigenvalue weighted by atomic mass is 16.3. The van der Waals surface area contributed by atoms with Gasteiger partial charge in [0.1, 0.15) is 0 Å². The quantitative estimate of drug-likeness (QED) is 0.762. The second kappa shape index (κ2) is 7.05. The third-order valence-corrected chi connectivity index (χ3v) is 4.57. The number of hydrogen-bond donors (Lipinski definition) is 3. The molecule has 3 rings (SSSR count). The van der Waals surface area contributed by atoms with E-state index in [9.17, 15) is 9.90 Å². The number of amides is 2. The zero-order chi connectivity index (χ0) is 17.0. The van der Waals surface area contributed by atoms with Crippen LogP contribution in [0.1, 0.15) is 31.7 Å². The Bertz CT molecular complexity index is 677. The summed E-state index contributed by atoms with van der Waals surface area (Å²) < 4.78 is 1.81. The molecule has 1 aromatic carbocycles. The van der Waals surface area contributed by atoms with Gasteiger partial charge in [-0.15, -0.1) is 0 Å². The molecule has 1 aliphatic carbocycles. The van der Waals surface area contributed by atoms with E-state index in [-0.39, 0.29) is 17.6 Å². The Hall–Kier alpha value is -2.34. The van der Waals surface area contributed by atoms with E-state index in [0.29, 0.717) is 25.1 Å². The molecular formula is C18H24N4O2. The zero-order valence-electron chi connectivity index (χ0n) is 13.9. The second-order valence-electron chi connectivity index (χ2n) is 6.51. The molecule has 0 radical (unpaired) electrons. The molecule has 1 aliphatic rings. The van der Waals surface area contributed by atoms with Crippen LogP contribution in [0.4, 0.5) is 10.5 Å². The number of anilines is 1. The molecule has 0 unspecified atom stereocenters. The number of rotatable bonds is 6. The second-order valence-corrected chi connectivity index (χ2v) is 6.51. The van der Waals surface area contributed by atoms with Crippen molar-refractivity contribution in [2.75, 3.05) is 11.9 Å². The van der Waals surface area contributed by atoms with Crippen molar-refractivity contribution in [1.29, 1.82) is 0 Å². The van der Waals surface area contributed by atoms with E-state index in [1.807, 2.05) is 29.1 Å². The number of aromatic nitrogens is 2. The topological polar surface area (TPSA) is 79.2 Å². The lowest BCUT2D eigenvalue weighted by atomic mass is 9.62. The highest BCUT2D eigenvalue weighted by Gasteiger charge is 2.44. The predicted molar refractivity (Wildman–Crippen MR) is 92.9 cm³/mol. The van der Waals surface area contributed by atoms with Crippen LogP contribution >= 0.6 is 0 Å². The Balaban J connectivity index is 1.58. The summed E-state index contributed by atoms with van der Waals surface area (Å²) in [6.45, 7) is 3.42. The number of nitrogens with one attached hydrogen (secondary N) is 2. The van der Waals surface area contributed by atoms with Gasteiger partial charge in [-0.3, -0.25) is 4.68 Å². The molecule has 3 N–H and O–H groups in total. The van der Waals surface area contributed by atoms with Crippen molar-refractivity contribution in [3.05, 3.63) is 48.3 Å². The van der Waals surface area contributed by atoms with Crippen molar-refractivity contribution >= 4 is 11.7 Å². The van der Waals surface area contributed by atoms with Gasteiger partial charge < -0.3 is 15.7 Å². The Morgan fingerprint density at radius 1 is 1.38 bits per heavy atom. The van der Waals surface area contributed by atoms with Crippen molar-refractivity contribution in [2.45, 2.75) is 44.2 Å². The predicted octanol–water partition coefficient (Wildman–Crippen LogP) is 2.51. The molecule has 6 heteroatoms. The van der Waals surface area contributed by atoms with Gasteiger partial charge in [-0.2, -0.15) is 5.10 Å². The molecule has 128 valence electrons. The van der Waals surface area contributed by atoms with Crippen molar-refractivity contribution in [3.63, 3.8) is 0 Å². The minimum absolute atomic E-state index is 0.176. The Morgan fingerprint density at radius 2 is 2.12 bits per heavy atom. The van der Waals surface area contributed by atoms with Gasteiger partial charge in [0, 0.05) is 24.7 Å². The highest BCUT2D eigenvalue weighted by Crippen LogP contribution is 2.43. The van der Waals surface area contributed by atoms with Gasteiger partial charge >= 0.3 is 6.03 Å². The Morgan fingerprint density at radius 3 is 2.79 bits per heavy atom. The van der Waals surface area contributed by atoms with Crippen LogP contribution in [0.3, 0.4) is 0 Å². The smallest absolute Gasteiger partial charge is 0.319 e. The zero-order valence-corrected chi connectivity index (χ0v) is 13.9. The minimum atomic E-state index is -0.289. The molecule has 2 amide bonds. The number of carbonyl (C=O) groups is 1. The average Bonchev–Trinajstić information content (AvgIpc) is 2.98. The van der Waals surface area contributed by atoms with E-state index in [1.54, 1.807) is 6.20 Å². The summed E-state index contributed by atoms with van der Waals surface area (Å²) in [6, 6.07) is 9.82. The maximum Gasteiger partial charge on any atom is 0.319 e. The van der Waals surface area contributed by atoms with Crippen molar-refractivity contribution in [2.24, 2.45) is 0 Å². The van der Waals surface area contributed by atoms with Gasteiger partial charge in [-0.25, -0.2) is 4.79 Å². The number of hydrogen-bond acceptors (Lipinski definition) is 3. The number of benzene rings is 1. The first-order valence-electron chi connectivity index (χ1n) is 8.42. The number of nitrogens with zero attached hydrogens (tertiary/aromatic N) is 2. The molecule has 1 heterocycles. The van der Waals surface area contributed by atoms with Gasteiger partial charge in [0.25, 0.3) is 0 Å². The summed E-state index contributed by atoms with van der Waals surface area (Å²) in [6.07, 6.45) is 5.52. The average molecular weight is 328 g/mol. The van der Waals surface area contributed by atoms with Gasteiger partial charge in [-0.1, -0.05) is 37.3 Å². The molecule has 2 aromatic rings. The minimum Gasteiger partial charge on any atom is -0.393 e. The van der Waals surface area contributed by atoms with Crippen LogP contribution in [0.2, 0.25) is 0 Å². The SMILES string of the molecule is CCCn1cc(NC(=O)NCC2(c3ccccc3)CC(O)C2)cn1. The third-order valence-electron chi connectivity index (χ3n) is 4.57. The summed E-state index contributed by atoms with van der Waals surface area (Å²) in [7, 11) is 0. The summed E-state index contributed by atoms with van der Waals surface area (Å²) >= 11 is 0. The monoisotopic (exact) mass is 328 g/mol. The molecule has 6 nitrogen and oxygen atoms in total. The number of aliphatic hydroxyl groups excluding tert-OH is 1. The lowest BCUT2D eigenvalue weighted by molar-refractivity contribution is 0.0193. The van der Waals surface area contributed by atoms with Crippen LogP contribution < -0.4 is 10.6 Å². The van der Waals surface area contributed by atoms with E-state index in [0.717, 1.165) is 18.5 Å². The fraction of sp³-hybridized carbons (Fsp3) is 0.444. The number of carbonyl (C=O) groups excluding carboxylic acids is 1. The van der Waals surface area contributed by atoms with Crippen LogP contribution in [0, 0.1) is 0 Å². The highest BCUT2D eigenvalue weighted by molar-refractivity contribution is 5.88. The first-order valence-corrected chi connectivity index (χ1v) is 8.42. The van der Waals surface area contributed by atoms with Crippen molar-refractivity contribution < 1.29 is 9.90 Å². The van der Waals surface area contributed by atoms with E-state index < -0.39 is 0 Å². The molecule has 1 saturated carbocycles. The van der Waals surface area contributed by atoms with E-state index in [2.05, 4.69) is 34.8 Å². The first kappa shape index (κ1) is 16.5. The van der Waals surface area contributed by atoms with E-state index in [4.69, 9.17) is 0 Å². The molecule has 0 bridgehead atoms. The number of aryl methyl sites for hydroxylation is 1.